The standard InChI is InChI=1S/C19H15N3O4/c1-12(23)13-2-5-15(6-3-13)22-18(24)11-26-19(25)14-4-7-16-17(10-14)21-9-8-20-16/h2-10H,11H2,1H3,(H,22,24). The van der Waals surface area contributed by atoms with Gasteiger partial charge in [0.25, 0.3) is 5.91 Å². The van der Waals surface area contributed by atoms with E-state index >= 15 is 0 Å². The third-order valence-electron chi connectivity index (χ3n) is 3.61. The van der Waals surface area contributed by atoms with Crippen LogP contribution in [0.1, 0.15) is 27.6 Å². The number of hydrogen-bond acceptors (Lipinski definition) is 6. The number of aromatic nitrogens is 2. The fraction of sp³-hybridized carbons (Fsp3) is 0.105. The van der Waals surface area contributed by atoms with Crippen molar-refractivity contribution >= 4 is 34.4 Å². The van der Waals surface area contributed by atoms with Gasteiger partial charge in [0.05, 0.1) is 16.6 Å². The van der Waals surface area contributed by atoms with E-state index in [2.05, 4.69) is 15.3 Å². The van der Waals surface area contributed by atoms with Crippen LogP contribution in [-0.4, -0.2) is 34.2 Å². The fourth-order valence-electron chi connectivity index (χ4n) is 2.29. The molecule has 26 heavy (non-hydrogen) atoms. The van der Waals surface area contributed by atoms with E-state index in [0.29, 0.717) is 22.3 Å². The second-order valence-corrected chi connectivity index (χ2v) is 5.52. The number of Topliss-reactive ketones (excluding diaryl/α,β-unsaturated/α-hetero) is 1. The van der Waals surface area contributed by atoms with Gasteiger partial charge in [-0.2, -0.15) is 0 Å². The Bertz CT molecular complexity index is 984. The first-order valence-corrected chi connectivity index (χ1v) is 7.82. The van der Waals surface area contributed by atoms with Crippen molar-refractivity contribution in [2.24, 2.45) is 0 Å². The Kier molecular flexibility index (Phi) is 4.98. The van der Waals surface area contributed by atoms with Crippen LogP contribution >= 0.6 is 0 Å². The lowest BCUT2D eigenvalue weighted by molar-refractivity contribution is -0.119. The van der Waals surface area contributed by atoms with Crippen LogP contribution in [0, 0.1) is 0 Å². The van der Waals surface area contributed by atoms with E-state index < -0.39 is 18.5 Å². The van der Waals surface area contributed by atoms with Gasteiger partial charge in [-0.15, -0.1) is 0 Å². The number of carbonyl (C=O) groups excluding carboxylic acids is 3. The van der Waals surface area contributed by atoms with Gasteiger partial charge in [0.1, 0.15) is 0 Å². The first-order valence-electron chi connectivity index (χ1n) is 7.82. The minimum atomic E-state index is -0.625. The van der Waals surface area contributed by atoms with Crippen LogP contribution < -0.4 is 5.32 Å². The highest BCUT2D eigenvalue weighted by molar-refractivity contribution is 5.98. The number of nitrogens with zero attached hydrogens (tertiary/aromatic N) is 2. The molecule has 0 saturated carbocycles. The molecule has 0 spiro atoms. The van der Waals surface area contributed by atoms with Gasteiger partial charge in [0.15, 0.2) is 12.4 Å². The Morgan fingerprint density at radius 1 is 0.923 bits per heavy atom. The lowest BCUT2D eigenvalue weighted by Crippen LogP contribution is -2.21. The average Bonchev–Trinajstić information content (AvgIpc) is 2.66. The number of amides is 1. The highest BCUT2D eigenvalue weighted by Crippen LogP contribution is 2.12. The van der Waals surface area contributed by atoms with Gasteiger partial charge in [0.2, 0.25) is 0 Å². The van der Waals surface area contributed by atoms with Gasteiger partial charge in [-0.25, -0.2) is 4.79 Å². The number of ether oxygens (including phenoxy) is 1. The normalized spacial score (nSPS) is 10.3. The Morgan fingerprint density at radius 3 is 2.27 bits per heavy atom. The van der Waals surface area contributed by atoms with Crippen molar-refractivity contribution in [3.05, 3.63) is 66.0 Å². The van der Waals surface area contributed by atoms with Gasteiger partial charge < -0.3 is 10.1 Å². The molecular weight excluding hydrogens is 334 g/mol. The molecule has 1 N–H and O–H groups in total. The molecule has 7 nitrogen and oxygen atoms in total. The summed E-state index contributed by atoms with van der Waals surface area (Å²) in [4.78, 5) is 43.4. The number of hydrogen-bond donors (Lipinski definition) is 1. The highest BCUT2D eigenvalue weighted by Gasteiger charge is 2.12. The molecule has 0 fully saturated rings. The number of nitrogens with one attached hydrogen (secondary N) is 1. The lowest BCUT2D eigenvalue weighted by Gasteiger charge is -2.07. The molecule has 0 saturated heterocycles. The van der Waals surface area contributed by atoms with E-state index in [9.17, 15) is 14.4 Å². The summed E-state index contributed by atoms with van der Waals surface area (Å²) < 4.78 is 5.02. The molecule has 0 aliphatic heterocycles. The van der Waals surface area contributed by atoms with E-state index in [4.69, 9.17) is 4.74 Å². The maximum atomic E-state index is 12.1. The molecule has 2 aromatic carbocycles. The monoisotopic (exact) mass is 349 g/mol. The summed E-state index contributed by atoms with van der Waals surface area (Å²) in [5, 5.41) is 2.59. The maximum absolute atomic E-state index is 12.1. The second kappa shape index (κ2) is 7.52. The minimum Gasteiger partial charge on any atom is -0.452 e. The molecule has 0 aliphatic carbocycles. The van der Waals surface area contributed by atoms with Gasteiger partial charge >= 0.3 is 5.97 Å². The molecule has 1 amide bonds. The van der Waals surface area contributed by atoms with Gasteiger partial charge in [-0.05, 0) is 49.4 Å². The number of benzene rings is 2. The molecule has 0 aliphatic rings. The van der Waals surface area contributed by atoms with Crippen molar-refractivity contribution in [2.75, 3.05) is 11.9 Å². The average molecular weight is 349 g/mol. The Hall–Kier alpha value is -3.61. The van der Waals surface area contributed by atoms with Crippen LogP contribution in [0.2, 0.25) is 0 Å². The summed E-state index contributed by atoms with van der Waals surface area (Å²) >= 11 is 0. The van der Waals surface area contributed by atoms with Crippen molar-refractivity contribution < 1.29 is 19.1 Å². The summed E-state index contributed by atoms with van der Waals surface area (Å²) in [7, 11) is 0. The molecule has 1 heterocycles. The summed E-state index contributed by atoms with van der Waals surface area (Å²) in [5.41, 5.74) is 2.58. The predicted molar refractivity (Wildman–Crippen MR) is 94.9 cm³/mol. The molecule has 0 atom stereocenters. The van der Waals surface area contributed by atoms with Crippen molar-refractivity contribution in [3.8, 4) is 0 Å². The smallest absolute Gasteiger partial charge is 0.338 e. The number of carbonyl (C=O) groups is 3. The summed E-state index contributed by atoms with van der Waals surface area (Å²) in [5.74, 6) is -1.16. The van der Waals surface area contributed by atoms with E-state index in [1.807, 2.05) is 0 Å². The Balaban J connectivity index is 1.57. The van der Waals surface area contributed by atoms with Crippen LogP contribution in [0.3, 0.4) is 0 Å². The molecular formula is C19H15N3O4. The van der Waals surface area contributed by atoms with Gasteiger partial charge in [0, 0.05) is 23.6 Å². The summed E-state index contributed by atoms with van der Waals surface area (Å²) in [6.07, 6.45) is 3.09. The zero-order valence-corrected chi connectivity index (χ0v) is 13.9. The van der Waals surface area contributed by atoms with Crippen molar-refractivity contribution in [1.82, 2.24) is 9.97 Å². The zero-order chi connectivity index (χ0) is 18.5. The minimum absolute atomic E-state index is 0.0584. The van der Waals surface area contributed by atoms with E-state index in [-0.39, 0.29) is 11.3 Å². The number of ketones is 1. The largest absolute Gasteiger partial charge is 0.452 e. The van der Waals surface area contributed by atoms with E-state index in [1.165, 1.54) is 13.1 Å². The van der Waals surface area contributed by atoms with Crippen molar-refractivity contribution in [1.29, 1.82) is 0 Å². The van der Waals surface area contributed by atoms with Crippen LogP contribution in [-0.2, 0) is 9.53 Å². The maximum Gasteiger partial charge on any atom is 0.338 e. The summed E-state index contributed by atoms with van der Waals surface area (Å²) in [6.45, 7) is 1.04. The second-order valence-electron chi connectivity index (χ2n) is 5.52. The molecule has 7 heteroatoms. The van der Waals surface area contributed by atoms with Crippen LogP contribution in [0.5, 0.6) is 0 Å². The van der Waals surface area contributed by atoms with Crippen molar-refractivity contribution in [3.63, 3.8) is 0 Å². The molecule has 3 rings (SSSR count). The third kappa shape index (κ3) is 4.07. The molecule has 3 aromatic rings. The number of esters is 1. The fourth-order valence-corrected chi connectivity index (χ4v) is 2.29. The first kappa shape index (κ1) is 17.2. The molecule has 0 radical (unpaired) electrons. The number of rotatable bonds is 5. The SMILES string of the molecule is CC(=O)c1ccc(NC(=O)COC(=O)c2ccc3nccnc3c2)cc1. The molecule has 1 aromatic heterocycles. The Labute approximate surface area is 149 Å². The lowest BCUT2D eigenvalue weighted by atomic mass is 10.1. The van der Waals surface area contributed by atoms with Crippen molar-refractivity contribution in [2.45, 2.75) is 6.92 Å². The molecule has 0 unspecified atom stereocenters. The third-order valence-corrected chi connectivity index (χ3v) is 3.61. The van der Waals surface area contributed by atoms with Crippen LogP contribution in [0.4, 0.5) is 5.69 Å². The Morgan fingerprint density at radius 2 is 1.58 bits per heavy atom. The van der Waals surface area contributed by atoms with E-state index in [0.717, 1.165) is 0 Å². The predicted octanol–water partition coefficient (Wildman–Crippen LogP) is 2.63. The highest BCUT2D eigenvalue weighted by atomic mass is 16.5. The number of anilines is 1. The van der Waals surface area contributed by atoms with Crippen LogP contribution in [0.25, 0.3) is 11.0 Å². The van der Waals surface area contributed by atoms with Gasteiger partial charge in [-0.3, -0.25) is 19.6 Å². The summed E-state index contributed by atoms with van der Waals surface area (Å²) in [6, 6.07) is 11.2. The van der Waals surface area contributed by atoms with Gasteiger partial charge in [-0.1, -0.05) is 0 Å². The molecule has 130 valence electrons. The van der Waals surface area contributed by atoms with Crippen LogP contribution in [0.15, 0.2) is 54.9 Å². The first-order chi connectivity index (χ1) is 12.5. The zero-order valence-electron chi connectivity index (χ0n) is 13.9. The quantitative estimate of drug-likeness (QED) is 0.562. The molecule has 0 bridgehead atoms. The van der Waals surface area contributed by atoms with E-state index in [1.54, 1.807) is 48.7 Å². The number of fused-ring (bicyclic) bond motifs is 1. The topological polar surface area (TPSA) is 98.2 Å².